The smallest absolute Gasteiger partial charge is 0.0749 e. The molecule has 84 valence electrons. The van der Waals surface area contributed by atoms with Crippen molar-refractivity contribution in [3.05, 3.63) is 46.0 Å². The van der Waals surface area contributed by atoms with Crippen LogP contribution in [0, 0.1) is 6.92 Å². The number of aryl methyl sites for hydroxylation is 2. The van der Waals surface area contributed by atoms with Crippen LogP contribution < -0.4 is 5.73 Å². The van der Waals surface area contributed by atoms with Gasteiger partial charge in [0.05, 0.1) is 22.4 Å². The van der Waals surface area contributed by atoms with Gasteiger partial charge in [-0.2, -0.15) is 5.10 Å². The van der Waals surface area contributed by atoms with Crippen molar-refractivity contribution in [3.63, 3.8) is 0 Å². The van der Waals surface area contributed by atoms with E-state index in [-0.39, 0.29) is 6.04 Å². The number of aromatic nitrogens is 3. The molecule has 2 rings (SSSR count). The van der Waals surface area contributed by atoms with Gasteiger partial charge in [0.2, 0.25) is 0 Å². The van der Waals surface area contributed by atoms with Crippen molar-refractivity contribution < 1.29 is 0 Å². The van der Waals surface area contributed by atoms with Crippen LogP contribution in [-0.4, -0.2) is 14.8 Å². The normalized spacial score (nSPS) is 12.8. The minimum absolute atomic E-state index is 0.214. The van der Waals surface area contributed by atoms with Crippen LogP contribution in [0.2, 0.25) is 0 Å². The summed E-state index contributed by atoms with van der Waals surface area (Å²) in [4.78, 5) is 4.15. The summed E-state index contributed by atoms with van der Waals surface area (Å²) in [5.74, 6) is 0. The van der Waals surface area contributed by atoms with Crippen molar-refractivity contribution in [3.8, 4) is 0 Å². The molecule has 0 radical (unpaired) electrons. The Morgan fingerprint density at radius 1 is 1.38 bits per heavy atom. The third kappa shape index (κ3) is 2.01. The van der Waals surface area contributed by atoms with E-state index in [9.17, 15) is 0 Å². The molecule has 0 saturated carbocycles. The standard InChI is InChI=1S/C11H13BrN4/c1-7-3-8(5-14-4-7)10(13)11-9(12)6-15-16(11)2/h3-6,10H,13H2,1-2H3. The van der Waals surface area contributed by atoms with Crippen molar-refractivity contribution in [2.24, 2.45) is 12.8 Å². The van der Waals surface area contributed by atoms with Crippen LogP contribution in [-0.2, 0) is 7.05 Å². The maximum Gasteiger partial charge on any atom is 0.0749 e. The molecule has 1 atom stereocenters. The Hall–Kier alpha value is -1.20. The highest BCUT2D eigenvalue weighted by atomic mass is 79.9. The lowest BCUT2D eigenvalue weighted by atomic mass is 10.1. The largest absolute Gasteiger partial charge is 0.319 e. The van der Waals surface area contributed by atoms with Gasteiger partial charge in [-0.3, -0.25) is 9.67 Å². The summed E-state index contributed by atoms with van der Waals surface area (Å²) < 4.78 is 2.70. The quantitative estimate of drug-likeness (QED) is 0.915. The van der Waals surface area contributed by atoms with E-state index in [4.69, 9.17) is 5.73 Å². The first-order chi connectivity index (χ1) is 7.59. The number of rotatable bonds is 2. The molecular weight excluding hydrogens is 268 g/mol. The predicted molar refractivity (Wildman–Crippen MR) is 65.9 cm³/mol. The summed E-state index contributed by atoms with van der Waals surface area (Å²) in [6.07, 6.45) is 5.35. The van der Waals surface area contributed by atoms with Crippen molar-refractivity contribution in [1.29, 1.82) is 0 Å². The fourth-order valence-corrected chi connectivity index (χ4v) is 2.27. The van der Waals surface area contributed by atoms with Crippen molar-refractivity contribution >= 4 is 15.9 Å². The van der Waals surface area contributed by atoms with Crippen LogP contribution in [0.1, 0.15) is 22.9 Å². The first-order valence-electron chi connectivity index (χ1n) is 4.94. The monoisotopic (exact) mass is 280 g/mol. The van der Waals surface area contributed by atoms with E-state index in [0.29, 0.717) is 0 Å². The Balaban J connectivity index is 2.43. The predicted octanol–water partition coefficient (Wildman–Crippen LogP) is 1.93. The zero-order valence-corrected chi connectivity index (χ0v) is 10.8. The zero-order valence-electron chi connectivity index (χ0n) is 9.18. The van der Waals surface area contributed by atoms with Crippen molar-refractivity contribution in [1.82, 2.24) is 14.8 Å². The maximum atomic E-state index is 6.20. The third-order valence-electron chi connectivity index (χ3n) is 2.49. The van der Waals surface area contributed by atoms with Gasteiger partial charge in [-0.25, -0.2) is 0 Å². The van der Waals surface area contributed by atoms with Crippen LogP contribution in [0.3, 0.4) is 0 Å². The summed E-state index contributed by atoms with van der Waals surface area (Å²) in [5.41, 5.74) is 9.24. The van der Waals surface area contributed by atoms with Gasteiger partial charge in [-0.1, -0.05) is 6.07 Å². The molecule has 2 aromatic heterocycles. The van der Waals surface area contributed by atoms with Gasteiger partial charge in [0.25, 0.3) is 0 Å². The molecule has 0 bridgehead atoms. The molecule has 2 aromatic rings. The number of pyridine rings is 1. The first kappa shape index (κ1) is 11.3. The zero-order chi connectivity index (χ0) is 11.7. The molecule has 0 fully saturated rings. The molecule has 4 nitrogen and oxygen atoms in total. The van der Waals surface area contributed by atoms with Crippen molar-refractivity contribution in [2.45, 2.75) is 13.0 Å². The number of nitrogens with zero attached hydrogens (tertiary/aromatic N) is 3. The number of hydrogen-bond acceptors (Lipinski definition) is 3. The Bertz CT molecular complexity index is 487. The lowest BCUT2D eigenvalue weighted by molar-refractivity contribution is 0.670. The number of nitrogens with two attached hydrogens (primary N) is 1. The van der Waals surface area contributed by atoms with Gasteiger partial charge in [0, 0.05) is 19.4 Å². The van der Waals surface area contributed by atoms with E-state index in [1.807, 2.05) is 26.2 Å². The van der Waals surface area contributed by atoms with E-state index < -0.39 is 0 Å². The average molecular weight is 281 g/mol. The second-order valence-electron chi connectivity index (χ2n) is 3.77. The van der Waals surface area contributed by atoms with Crippen LogP contribution in [0.25, 0.3) is 0 Å². The molecule has 5 heteroatoms. The summed E-state index contributed by atoms with van der Waals surface area (Å²) in [6, 6.07) is 1.83. The van der Waals surface area contributed by atoms with E-state index >= 15 is 0 Å². The number of halogens is 1. The summed E-state index contributed by atoms with van der Waals surface area (Å²) in [6.45, 7) is 2.00. The van der Waals surface area contributed by atoms with Gasteiger partial charge in [-0.05, 0) is 34.0 Å². The van der Waals surface area contributed by atoms with Crippen LogP contribution in [0.5, 0.6) is 0 Å². The van der Waals surface area contributed by atoms with Gasteiger partial charge < -0.3 is 5.73 Å². The second kappa shape index (κ2) is 4.35. The Morgan fingerprint density at radius 3 is 2.69 bits per heavy atom. The maximum absolute atomic E-state index is 6.20. The molecule has 0 spiro atoms. The lowest BCUT2D eigenvalue weighted by Crippen LogP contribution is -2.16. The third-order valence-corrected chi connectivity index (χ3v) is 3.10. The van der Waals surface area contributed by atoms with E-state index in [2.05, 4.69) is 26.0 Å². The topological polar surface area (TPSA) is 56.7 Å². The van der Waals surface area contributed by atoms with Gasteiger partial charge in [0.1, 0.15) is 0 Å². The minimum atomic E-state index is -0.214. The molecule has 0 aliphatic rings. The highest BCUT2D eigenvalue weighted by Crippen LogP contribution is 2.25. The molecular formula is C11H13BrN4. The van der Waals surface area contributed by atoms with Gasteiger partial charge in [0.15, 0.2) is 0 Å². The second-order valence-corrected chi connectivity index (χ2v) is 4.63. The highest BCUT2D eigenvalue weighted by molar-refractivity contribution is 9.10. The molecule has 2 heterocycles. The lowest BCUT2D eigenvalue weighted by Gasteiger charge is -2.13. The fourth-order valence-electron chi connectivity index (χ4n) is 1.68. The molecule has 0 amide bonds. The molecule has 0 aliphatic heterocycles. The average Bonchev–Trinajstić information content (AvgIpc) is 2.58. The fraction of sp³-hybridized carbons (Fsp3) is 0.273. The van der Waals surface area contributed by atoms with E-state index in [0.717, 1.165) is 21.3 Å². The molecule has 2 N–H and O–H groups in total. The Kier molecular flexibility index (Phi) is 3.07. The van der Waals surface area contributed by atoms with Crippen LogP contribution in [0.15, 0.2) is 29.1 Å². The van der Waals surface area contributed by atoms with Gasteiger partial charge >= 0.3 is 0 Å². The summed E-state index contributed by atoms with van der Waals surface area (Å²) in [7, 11) is 1.88. The van der Waals surface area contributed by atoms with Crippen LogP contribution >= 0.6 is 15.9 Å². The Morgan fingerprint density at radius 2 is 2.12 bits per heavy atom. The van der Waals surface area contributed by atoms with E-state index in [1.165, 1.54) is 0 Å². The number of hydrogen-bond donors (Lipinski definition) is 1. The highest BCUT2D eigenvalue weighted by Gasteiger charge is 2.16. The first-order valence-corrected chi connectivity index (χ1v) is 5.73. The van der Waals surface area contributed by atoms with Gasteiger partial charge in [-0.15, -0.1) is 0 Å². The van der Waals surface area contributed by atoms with Crippen LogP contribution in [0.4, 0.5) is 0 Å². The minimum Gasteiger partial charge on any atom is -0.319 e. The summed E-state index contributed by atoms with van der Waals surface area (Å²) >= 11 is 3.45. The van der Waals surface area contributed by atoms with E-state index in [1.54, 1.807) is 17.1 Å². The Labute approximate surface area is 103 Å². The molecule has 0 aromatic carbocycles. The molecule has 0 aliphatic carbocycles. The summed E-state index contributed by atoms with van der Waals surface area (Å²) in [5, 5.41) is 4.15. The molecule has 1 unspecified atom stereocenters. The molecule has 16 heavy (non-hydrogen) atoms. The van der Waals surface area contributed by atoms with Crippen molar-refractivity contribution in [2.75, 3.05) is 0 Å². The SMILES string of the molecule is Cc1cncc(C(N)c2c(Br)cnn2C)c1. The molecule has 0 saturated heterocycles.